The van der Waals surface area contributed by atoms with Crippen LogP contribution >= 0.6 is 0 Å². The van der Waals surface area contributed by atoms with Crippen LogP contribution in [0.2, 0.25) is 0 Å². The second-order valence-corrected chi connectivity index (χ2v) is 6.38. The molecule has 5 heteroatoms. The monoisotopic (exact) mass is 357 g/mol. The van der Waals surface area contributed by atoms with Crippen molar-refractivity contribution in [1.29, 1.82) is 0 Å². The van der Waals surface area contributed by atoms with E-state index in [1.54, 1.807) is 19.2 Å². The second kappa shape index (κ2) is 10.5. The lowest BCUT2D eigenvalue weighted by Gasteiger charge is -2.10. The first kappa shape index (κ1) is 19.8. The van der Waals surface area contributed by atoms with Crippen molar-refractivity contribution >= 4 is 11.6 Å². The lowest BCUT2D eigenvalue weighted by Crippen LogP contribution is -2.12. The fourth-order valence-corrected chi connectivity index (χ4v) is 2.22. The van der Waals surface area contributed by atoms with Gasteiger partial charge in [-0.1, -0.05) is 19.9 Å². The Hall–Kier alpha value is -2.53. The van der Waals surface area contributed by atoms with Crippen LogP contribution < -0.4 is 14.8 Å². The fourth-order valence-electron chi connectivity index (χ4n) is 2.22. The number of amides is 1. The maximum atomic E-state index is 12.4. The molecular formula is C21H27NO4. The highest BCUT2D eigenvalue weighted by molar-refractivity contribution is 6.04. The molecule has 0 saturated heterocycles. The maximum Gasteiger partial charge on any atom is 0.255 e. The first-order valence-electron chi connectivity index (χ1n) is 8.84. The highest BCUT2D eigenvalue weighted by atomic mass is 16.5. The van der Waals surface area contributed by atoms with Gasteiger partial charge in [-0.25, -0.2) is 0 Å². The molecule has 0 atom stereocenters. The van der Waals surface area contributed by atoms with E-state index in [9.17, 15) is 4.79 Å². The van der Waals surface area contributed by atoms with Gasteiger partial charge in [-0.3, -0.25) is 4.79 Å². The van der Waals surface area contributed by atoms with Gasteiger partial charge in [-0.15, -0.1) is 0 Å². The molecule has 0 saturated carbocycles. The third-order valence-corrected chi connectivity index (χ3v) is 3.73. The molecule has 2 aromatic rings. The van der Waals surface area contributed by atoms with E-state index >= 15 is 0 Å². The normalized spacial score (nSPS) is 10.6. The third kappa shape index (κ3) is 6.76. The van der Waals surface area contributed by atoms with E-state index in [-0.39, 0.29) is 5.91 Å². The first-order chi connectivity index (χ1) is 12.6. The molecule has 1 N–H and O–H groups in total. The molecule has 140 valence electrons. The number of ether oxygens (including phenoxy) is 3. The summed E-state index contributed by atoms with van der Waals surface area (Å²) < 4.78 is 16.2. The predicted molar refractivity (Wildman–Crippen MR) is 103 cm³/mol. The van der Waals surface area contributed by atoms with Gasteiger partial charge >= 0.3 is 0 Å². The zero-order valence-corrected chi connectivity index (χ0v) is 15.7. The summed E-state index contributed by atoms with van der Waals surface area (Å²) in [7, 11) is 1.63. The largest absolute Gasteiger partial charge is 0.494 e. The molecule has 1 amide bonds. The Morgan fingerprint density at radius 2 is 1.69 bits per heavy atom. The summed E-state index contributed by atoms with van der Waals surface area (Å²) in [4.78, 5) is 12.4. The van der Waals surface area contributed by atoms with E-state index in [1.165, 1.54) is 0 Å². The Bertz CT molecular complexity index is 683. The van der Waals surface area contributed by atoms with Gasteiger partial charge in [-0.2, -0.15) is 0 Å². The van der Waals surface area contributed by atoms with E-state index in [0.29, 0.717) is 42.7 Å². The summed E-state index contributed by atoms with van der Waals surface area (Å²) in [6, 6.07) is 14.5. The van der Waals surface area contributed by atoms with Crippen LogP contribution in [0.4, 0.5) is 5.69 Å². The first-order valence-corrected chi connectivity index (χ1v) is 8.84. The molecule has 0 bridgehead atoms. The Balaban J connectivity index is 1.90. The van der Waals surface area contributed by atoms with Crippen molar-refractivity contribution in [3.05, 3.63) is 54.1 Å². The van der Waals surface area contributed by atoms with Crippen molar-refractivity contribution in [3.8, 4) is 11.5 Å². The van der Waals surface area contributed by atoms with Crippen molar-refractivity contribution in [1.82, 2.24) is 0 Å². The van der Waals surface area contributed by atoms with E-state index < -0.39 is 0 Å². The summed E-state index contributed by atoms with van der Waals surface area (Å²) in [5, 5.41) is 2.88. The second-order valence-electron chi connectivity index (χ2n) is 6.38. The molecule has 0 unspecified atom stereocenters. The van der Waals surface area contributed by atoms with Gasteiger partial charge in [0.2, 0.25) is 0 Å². The van der Waals surface area contributed by atoms with Crippen molar-refractivity contribution in [2.45, 2.75) is 20.3 Å². The number of methoxy groups -OCH3 is 1. The lowest BCUT2D eigenvalue weighted by atomic mass is 10.1. The fraction of sp³-hybridized carbons (Fsp3) is 0.381. The molecule has 0 radical (unpaired) electrons. The molecule has 0 aliphatic rings. The van der Waals surface area contributed by atoms with Gasteiger partial charge in [0.15, 0.2) is 0 Å². The minimum atomic E-state index is -0.174. The number of rotatable bonds is 10. The van der Waals surface area contributed by atoms with Crippen LogP contribution in [0.5, 0.6) is 11.5 Å². The zero-order valence-electron chi connectivity index (χ0n) is 15.7. The number of hydrogen-bond donors (Lipinski definition) is 1. The van der Waals surface area contributed by atoms with Gasteiger partial charge in [0.25, 0.3) is 5.91 Å². The number of anilines is 1. The molecule has 26 heavy (non-hydrogen) atoms. The summed E-state index contributed by atoms with van der Waals surface area (Å²) in [6.45, 7) is 5.98. The molecular weight excluding hydrogens is 330 g/mol. The Morgan fingerprint density at radius 1 is 0.962 bits per heavy atom. The minimum absolute atomic E-state index is 0.174. The Labute approximate surface area is 155 Å². The zero-order chi connectivity index (χ0) is 18.8. The average molecular weight is 357 g/mol. The quantitative estimate of drug-likeness (QED) is 0.641. The summed E-state index contributed by atoms with van der Waals surface area (Å²) >= 11 is 0. The van der Waals surface area contributed by atoms with E-state index in [4.69, 9.17) is 14.2 Å². The standard InChI is InChI=1S/C21H27NO4/c1-16(2)11-12-25-20-6-4-5-17(15-20)21(23)22-18-7-9-19(10-8-18)26-14-13-24-3/h4-10,15-16H,11-14H2,1-3H3,(H,22,23). The number of nitrogens with one attached hydrogen (secondary N) is 1. The number of hydrogen-bond acceptors (Lipinski definition) is 4. The number of carbonyl (C=O) groups excluding carboxylic acids is 1. The van der Waals surface area contributed by atoms with Crippen LogP contribution in [-0.2, 0) is 4.74 Å². The minimum Gasteiger partial charge on any atom is -0.494 e. The SMILES string of the molecule is COCCOc1ccc(NC(=O)c2cccc(OCCC(C)C)c2)cc1. The van der Waals surface area contributed by atoms with Gasteiger partial charge in [0.05, 0.1) is 13.2 Å². The van der Waals surface area contributed by atoms with Crippen LogP contribution in [0.15, 0.2) is 48.5 Å². The van der Waals surface area contributed by atoms with E-state index in [1.807, 2.05) is 36.4 Å². The van der Waals surface area contributed by atoms with Crippen LogP contribution in [0, 0.1) is 5.92 Å². The molecule has 2 rings (SSSR count). The van der Waals surface area contributed by atoms with Gasteiger partial charge < -0.3 is 19.5 Å². The maximum absolute atomic E-state index is 12.4. The van der Waals surface area contributed by atoms with Crippen molar-refractivity contribution in [2.75, 3.05) is 32.2 Å². The summed E-state index contributed by atoms with van der Waals surface area (Å²) in [6.07, 6.45) is 0.981. The lowest BCUT2D eigenvalue weighted by molar-refractivity contribution is 0.102. The van der Waals surface area contributed by atoms with Crippen LogP contribution in [0.1, 0.15) is 30.6 Å². The third-order valence-electron chi connectivity index (χ3n) is 3.73. The summed E-state index contributed by atoms with van der Waals surface area (Å²) in [5.74, 6) is 1.86. The van der Waals surface area contributed by atoms with Gasteiger partial charge in [0.1, 0.15) is 18.1 Å². The average Bonchev–Trinajstić information content (AvgIpc) is 2.63. The van der Waals surface area contributed by atoms with Gasteiger partial charge in [0, 0.05) is 18.4 Å². The topological polar surface area (TPSA) is 56.8 Å². The highest BCUT2D eigenvalue weighted by Gasteiger charge is 2.08. The van der Waals surface area contributed by atoms with Gasteiger partial charge in [-0.05, 0) is 54.8 Å². The van der Waals surface area contributed by atoms with Crippen LogP contribution in [0.25, 0.3) is 0 Å². The summed E-state index contributed by atoms with van der Waals surface area (Å²) in [5.41, 5.74) is 1.27. The van der Waals surface area contributed by atoms with E-state index in [2.05, 4.69) is 19.2 Å². The molecule has 0 fully saturated rings. The molecule has 0 aliphatic heterocycles. The predicted octanol–water partition coefficient (Wildman–Crippen LogP) is 4.39. The van der Waals surface area contributed by atoms with Crippen molar-refractivity contribution < 1.29 is 19.0 Å². The molecule has 0 aliphatic carbocycles. The molecule has 0 aromatic heterocycles. The van der Waals surface area contributed by atoms with Crippen molar-refractivity contribution in [3.63, 3.8) is 0 Å². The van der Waals surface area contributed by atoms with E-state index in [0.717, 1.165) is 12.2 Å². The Morgan fingerprint density at radius 3 is 2.38 bits per heavy atom. The molecule has 2 aromatic carbocycles. The molecule has 5 nitrogen and oxygen atoms in total. The van der Waals surface area contributed by atoms with Crippen LogP contribution in [-0.4, -0.2) is 32.8 Å². The molecule has 0 spiro atoms. The smallest absolute Gasteiger partial charge is 0.255 e. The van der Waals surface area contributed by atoms with Crippen LogP contribution in [0.3, 0.4) is 0 Å². The highest BCUT2D eigenvalue weighted by Crippen LogP contribution is 2.18. The Kier molecular flexibility index (Phi) is 7.96. The number of benzene rings is 2. The van der Waals surface area contributed by atoms with Crippen molar-refractivity contribution in [2.24, 2.45) is 5.92 Å². The molecule has 0 heterocycles. The number of carbonyl (C=O) groups is 1.